The Balaban J connectivity index is 2.02. The third kappa shape index (κ3) is 3.43. The smallest absolute Gasteiger partial charge is 0.124 e. The van der Waals surface area contributed by atoms with Crippen molar-refractivity contribution in [3.63, 3.8) is 0 Å². The van der Waals surface area contributed by atoms with E-state index in [-0.39, 0.29) is 5.82 Å². The van der Waals surface area contributed by atoms with E-state index in [1.54, 1.807) is 12.1 Å². The number of aromatic amines is 1. The average molecular weight is 333 g/mol. The predicted octanol–water partition coefficient (Wildman–Crippen LogP) is 6.70. The Bertz CT molecular complexity index is 943. The minimum absolute atomic E-state index is 0.183. The van der Waals surface area contributed by atoms with Crippen LogP contribution in [0, 0.1) is 26.6 Å². The molecule has 25 heavy (non-hydrogen) atoms. The molecule has 1 N–H and O–H groups in total. The minimum Gasteiger partial charge on any atom is -0.355 e. The molecule has 0 fully saturated rings. The van der Waals surface area contributed by atoms with Crippen molar-refractivity contribution < 1.29 is 4.39 Å². The van der Waals surface area contributed by atoms with E-state index in [4.69, 9.17) is 0 Å². The predicted molar refractivity (Wildman–Crippen MR) is 105 cm³/mol. The maximum atomic E-state index is 13.9. The molecule has 2 heteroatoms. The third-order valence-electron chi connectivity index (χ3n) is 5.05. The van der Waals surface area contributed by atoms with Gasteiger partial charge < -0.3 is 4.98 Å². The second-order valence-electron chi connectivity index (χ2n) is 6.80. The van der Waals surface area contributed by atoms with Crippen molar-refractivity contribution in [2.75, 3.05) is 0 Å². The van der Waals surface area contributed by atoms with Crippen LogP contribution >= 0.6 is 0 Å². The number of aryl methyl sites for hydroxylation is 2. The number of H-pyrrole nitrogens is 1. The molecule has 0 atom stereocenters. The number of hydrogen-bond acceptors (Lipinski definition) is 0. The van der Waals surface area contributed by atoms with Crippen molar-refractivity contribution in [3.8, 4) is 11.3 Å². The van der Waals surface area contributed by atoms with E-state index >= 15 is 0 Å². The van der Waals surface area contributed by atoms with Gasteiger partial charge in [0, 0.05) is 11.4 Å². The molecule has 0 amide bonds. The fraction of sp³-hybridized carbons (Fsp3) is 0.217. The van der Waals surface area contributed by atoms with E-state index in [2.05, 4.69) is 62.2 Å². The van der Waals surface area contributed by atoms with Gasteiger partial charge in [0.1, 0.15) is 5.82 Å². The summed E-state index contributed by atoms with van der Waals surface area (Å²) in [5, 5.41) is 0. The molecule has 2 aromatic carbocycles. The zero-order valence-corrected chi connectivity index (χ0v) is 15.5. The highest BCUT2D eigenvalue weighted by atomic mass is 19.1. The summed E-state index contributed by atoms with van der Waals surface area (Å²) in [4.78, 5) is 3.50. The number of rotatable bonds is 3. The fourth-order valence-corrected chi connectivity index (χ4v) is 3.12. The molecule has 3 rings (SSSR count). The van der Waals surface area contributed by atoms with Crippen LogP contribution in [0.25, 0.3) is 22.4 Å². The van der Waals surface area contributed by atoms with Gasteiger partial charge in [0.25, 0.3) is 0 Å². The Labute approximate surface area is 149 Å². The van der Waals surface area contributed by atoms with Crippen LogP contribution in [0.15, 0.2) is 48.5 Å². The molecule has 0 spiro atoms. The number of halogens is 1. The Hall–Kier alpha value is -2.61. The summed E-state index contributed by atoms with van der Waals surface area (Å²) >= 11 is 0. The summed E-state index contributed by atoms with van der Waals surface area (Å²) in [6.45, 7) is 10.2. The fourth-order valence-electron chi connectivity index (χ4n) is 3.12. The molecule has 1 aromatic heterocycles. The average Bonchev–Trinajstić information content (AvgIpc) is 3.07. The number of allylic oxidation sites excluding steroid dienone is 2. The monoisotopic (exact) mass is 333 g/mol. The Morgan fingerprint density at radius 2 is 1.52 bits per heavy atom. The zero-order chi connectivity index (χ0) is 18.1. The van der Waals surface area contributed by atoms with Crippen molar-refractivity contribution in [1.29, 1.82) is 0 Å². The van der Waals surface area contributed by atoms with Gasteiger partial charge in [-0.1, -0.05) is 29.8 Å². The molecule has 0 bridgehead atoms. The molecule has 1 heterocycles. The molecule has 0 saturated carbocycles. The SMILES string of the molecule is C/C(=C(/C)c1cc(F)cc(C)c1C)c1ccc(-c2ccc(C)cc2)[nH]1. The maximum Gasteiger partial charge on any atom is 0.124 e. The van der Waals surface area contributed by atoms with Gasteiger partial charge in [-0.25, -0.2) is 4.39 Å². The van der Waals surface area contributed by atoms with Gasteiger partial charge in [-0.05, 0) is 92.3 Å². The molecule has 3 aromatic rings. The lowest BCUT2D eigenvalue weighted by atomic mass is 9.94. The number of nitrogens with one attached hydrogen (secondary N) is 1. The van der Waals surface area contributed by atoms with Crippen LogP contribution in [0.4, 0.5) is 4.39 Å². The van der Waals surface area contributed by atoms with Crippen LogP contribution in [0.2, 0.25) is 0 Å². The largest absolute Gasteiger partial charge is 0.355 e. The van der Waals surface area contributed by atoms with E-state index in [1.165, 1.54) is 11.1 Å². The number of aromatic nitrogens is 1. The lowest BCUT2D eigenvalue weighted by Gasteiger charge is -2.13. The van der Waals surface area contributed by atoms with Crippen LogP contribution in [0.1, 0.15) is 41.8 Å². The van der Waals surface area contributed by atoms with Gasteiger partial charge in [-0.2, -0.15) is 0 Å². The normalized spacial score (nSPS) is 12.2. The summed E-state index contributed by atoms with van der Waals surface area (Å²) in [6.07, 6.45) is 0. The summed E-state index contributed by atoms with van der Waals surface area (Å²) < 4.78 is 13.9. The van der Waals surface area contributed by atoms with Gasteiger partial charge in [-0.3, -0.25) is 0 Å². The maximum absolute atomic E-state index is 13.9. The van der Waals surface area contributed by atoms with Gasteiger partial charge in [0.15, 0.2) is 0 Å². The quantitative estimate of drug-likeness (QED) is 0.549. The number of hydrogen-bond donors (Lipinski definition) is 1. The van der Waals surface area contributed by atoms with E-state index in [0.29, 0.717) is 0 Å². The molecular formula is C23H24FN. The van der Waals surface area contributed by atoms with E-state index in [0.717, 1.165) is 39.2 Å². The minimum atomic E-state index is -0.183. The molecule has 0 aliphatic rings. The molecule has 1 nitrogen and oxygen atoms in total. The van der Waals surface area contributed by atoms with Crippen molar-refractivity contribution in [2.24, 2.45) is 0 Å². The molecule has 0 aliphatic carbocycles. The van der Waals surface area contributed by atoms with Crippen molar-refractivity contribution in [1.82, 2.24) is 4.98 Å². The molecule has 0 saturated heterocycles. The van der Waals surface area contributed by atoms with Crippen LogP contribution in [0.5, 0.6) is 0 Å². The van der Waals surface area contributed by atoms with Crippen molar-refractivity contribution in [3.05, 3.63) is 82.3 Å². The Kier molecular flexibility index (Phi) is 4.63. The van der Waals surface area contributed by atoms with Crippen LogP contribution in [-0.4, -0.2) is 4.98 Å². The molecule has 128 valence electrons. The Morgan fingerprint density at radius 1 is 0.840 bits per heavy atom. The summed E-state index contributed by atoms with van der Waals surface area (Å²) in [6, 6.07) is 15.9. The molecular weight excluding hydrogens is 309 g/mol. The van der Waals surface area contributed by atoms with E-state index in [1.807, 2.05) is 13.8 Å². The summed E-state index contributed by atoms with van der Waals surface area (Å²) in [7, 11) is 0. The van der Waals surface area contributed by atoms with Crippen LogP contribution in [0.3, 0.4) is 0 Å². The van der Waals surface area contributed by atoms with Crippen LogP contribution in [-0.2, 0) is 0 Å². The lowest BCUT2D eigenvalue weighted by molar-refractivity contribution is 0.625. The second-order valence-corrected chi connectivity index (χ2v) is 6.80. The van der Waals surface area contributed by atoms with E-state index < -0.39 is 0 Å². The van der Waals surface area contributed by atoms with Gasteiger partial charge in [-0.15, -0.1) is 0 Å². The van der Waals surface area contributed by atoms with E-state index in [9.17, 15) is 4.39 Å². The van der Waals surface area contributed by atoms with Crippen molar-refractivity contribution >= 4 is 11.1 Å². The highest BCUT2D eigenvalue weighted by molar-refractivity contribution is 5.89. The van der Waals surface area contributed by atoms with Gasteiger partial charge in [0.2, 0.25) is 0 Å². The molecule has 0 aliphatic heterocycles. The van der Waals surface area contributed by atoms with Crippen LogP contribution < -0.4 is 0 Å². The zero-order valence-electron chi connectivity index (χ0n) is 15.5. The van der Waals surface area contributed by atoms with Gasteiger partial charge >= 0.3 is 0 Å². The first-order chi connectivity index (χ1) is 11.9. The highest BCUT2D eigenvalue weighted by Crippen LogP contribution is 2.30. The first-order valence-electron chi connectivity index (χ1n) is 8.58. The first-order valence-corrected chi connectivity index (χ1v) is 8.58. The summed E-state index contributed by atoms with van der Waals surface area (Å²) in [5.41, 5.74) is 9.88. The lowest BCUT2D eigenvalue weighted by Crippen LogP contribution is -1.94. The number of benzene rings is 2. The van der Waals surface area contributed by atoms with Gasteiger partial charge in [0.05, 0.1) is 0 Å². The first kappa shape index (κ1) is 17.2. The molecule has 0 radical (unpaired) electrons. The standard InChI is InChI=1S/C23H24FN/c1-14-6-8-19(9-7-14)23-11-10-22(25-23)18(5)17(4)21-13-20(24)12-15(2)16(21)3/h6-13,25H,1-5H3/b18-17+. The topological polar surface area (TPSA) is 15.8 Å². The molecule has 0 unspecified atom stereocenters. The van der Waals surface area contributed by atoms with Crippen molar-refractivity contribution in [2.45, 2.75) is 34.6 Å². The summed E-state index contributed by atoms with van der Waals surface area (Å²) in [5.74, 6) is -0.183. The second kappa shape index (κ2) is 6.72. The highest BCUT2D eigenvalue weighted by Gasteiger charge is 2.11. The third-order valence-corrected chi connectivity index (χ3v) is 5.05. The Morgan fingerprint density at radius 3 is 2.20 bits per heavy atom.